The molecular formula is C15H23NO. The van der Waals surface area contributed by atoms with E-state index in [0.717, 1.165) is 12.3 Å². The van der Waals surface area contributed by atoms with Crippen molar-refractivity contribution in [2.45, 2.75) is 44.8 Å². The molecule has 0 radical (unpaired) electrons. The monoisotopic (exact) mass is 233 g/mol. The van der Waals surface area contributed by atoms with E-state index >= 15 is 0 Å². The molecule has 2 rings (SSSR count). The summed E-state index contributed by atoms with van der Waals surface area (Å²) in [5.41, 5.74) is 1.21. The van der Waals surface area contributed by atoms with Crippen molar-refractivity contribution in [3.63, 3.8) is 0 Å². The fraction of sp³-hybridized carbons (Fsp3) is 0.600. The van der Waals surface area contributed by atoms with Gasteiger partial charge in [-0.3, -0.25) is 0 Å². The maximum atomic E-state index is 9.94. The number of nitrogens with one attached hydrogen (secondary N) is 1. The zero-order valence-corrected chi connectivity index (χ0v) is 10.6. The Hall–Kier alpha value is -0.860. The number of aliphatic hydroxyl groups excluding tert-OH is 1. The Morgan fingerprint density at radius 2 is 2.00 bits per heavy atom. The van der Waals surface area contributed by atoms with Gasteiger partial charge in [0.15, 0.2) is 0 Å². The van der Waals surface area contributed by atoms with Crippen LogP contribution in [0.2, 0.25) is 0 Å². The largest absolute Gasteiger partial charge is 0.391 e. The predicted octanol–water partition coefficient (Wildman–Crippen LogP) is 2.37. The summed E-state index contributed by atoms with van der Waals surface area (Å²) in [5.74, 6) is 0.948. The minimum atomic E-state index is -0.279. The van der Waals surface area contributed by atoms with Crippen LogP contribution in [0, 0.1) is 5.92 Å². The standard InChI is InChI=1S/C15H23NO/c1-12(9-14-7-8-14)16-11-15(17)10-13-5-3-2-4-6-13/h2-6,12,14-17H,7-11H2,1H3. The minimum absolute atomic E-state index is 0.279. The van der Waals surface area contributed by atoms with E-state index in [1.165, 1.54) is 24.8 Å². The molecule has 17 heavy (non-hydrogen) atoms. The van der Waals surface area contributed by atoms with Crippen LogP contribution in [-0.4, -0.2) is 23.8 Å². The highest BCUT2D eigenvalue weighted by molar-refractivity contribution is 5.15. The Kier molecular flexibility index (Phi) is 4.57. The Morgan fingerprint density at radius 3 is 2.65 bits per heavy atom. The molecule has 0 bridgehead atoms. The topological polar surface area (TPSA) is 32.3 Å². The van der Waals surface area contributed by atoms with Gasteiger partial charge < -0.3 is 10.4 Å². The van der Waals surface area contributed by atoms with Gasteiger partial charge in [0.1, 0.15) is 0 Å². The van der Waals surface area contributed by atoms with Gasteiger partial charge in [0.25, 0.3) is 0 Å². The summed E-state index contributed by atoms with van der Waals surface area (Å²) in [7, 11) is 0. The second-order valence-corrected chi connectivity index (χ2v) is 5.33. The number of benzene rings is 1. The number of aliphatic hydroxyl groups is 1. The summed E-state index contributed by atoms with van der Waals surface area (Å²) < 4.78 is 0. The normalized spacial score (nSPS) is 18.9. The zero-order chi connectivity index (χ0) is 12.1. The van der Waals surface area contributed by atoms with Gasteiger partial charge in [0.05, 0.1) is 6.10 Å². The van der Waals surface area contributed by atoms with Crippen LogP contribution in [0.1, 0.15) is 31.7 Å². The van der Waals surface area contributed by atoms with E-state index in [1.54, 1.807) is 0 Å². The molecule has 2 N–H and O–H groups in total. The first-order chi connectivity index (χ1) is 8.24. The molecule has 2 unspecified atom stereocenters. The smallest absolute Gasteiger partial charge is 0.0704 e. The first-order valence-corrected chi connectivity index (χ1v) is 6.69. The van der Waals surface area contributed by atoms with Crippen molar-refractivity contribution in [1.29, 1.82) is 0 Å². The third-order valence-corrected chi connectivity index (χ3v) is 3.40. The van der Waals surface area contributed by atoms with Crippen molar-refractivity contribution in [3.05, 3.63) is 35.9 Å². The summed E-state index contributed by atoms with van der Waals surface area (Å²) in [6.07, 6.45) is 4.53. The van der Waals surface area contributed by atoms with E-state index in [9.17, 15) is 5.11 Å². The summed E-state index contributed by atoms with van der Waals surface area (Å²) in [6, 6.07) is 10.7. The van der Waals surface area contributed by atoms with Gasteiger partial charge in [-0.25, -0.2) is 0 Å². The van der Waals surface area contributed by atoms with Gasteiger partial charge in [-0.05, 0) is 31.2 Å². The number of hydrogen-bond donors (Lipinski definition) is 2. The molecule has 0 aliphatic heterocycles. The molecule has 1 aliphatic rings. The average molecular weight is 233 g/mol. The van der Waals surface area contributed by atoms with E-state index in [0.29, 0.717) is 12.6 Å². The van der Waals surface area contributed by atoms with Crippen LogP contribution in [0.15, 0.2) is 30.3 Å². The summed E-state index contributed by atoms with van der Waals surface area (Å²) in [4.78, 5) is 0. The lowest BCUT2D eigenvalue weighted by Crippen LogP contribution is -2.35. The Bertz CT molecular complexity index is 321. The molecule has 2 atom stereocenters. The SMILES string of the molecule is CC(CC1CC1)NCC(O)Cc1ccccc1. The third-order valence-electron chi connectivity index (χ3n) is 3.40. The molecular weight excluding hydrogens is 210 g/mol. The molecule has 2 nitrogen and oxygen atoms in total. The molecule has 1 saturated carbocycles. The lowest BCUT2D eigenvalue weighted by Gasteiger charge is -2.17. The van der Waals surface area contributed by atoms with Crippen molar-refractivity contribution >= 4 is 0 Å². The molecule has 1 fully saturated rings. The second kappa shape index (κ2) is 6.18. The summed E-state index contributed by atoms with van der Waals surface area (Å²) in [6.45, 7) is 2.91. The average Bonchev–Trinajstić information content (AvgIpc) is 3.12. The molecule has 0 amide bonds. The van der Waals surface area contributed by atoms with Gasteiger partial charge in [-0.15, -0.1) is 0 Å². The van der Waals surface area contributed by atoms with Crippen LogP contribution >= 0.6 is 0 Å². The van der Waals surface area contributed by atoms with Gasteiger partial charge in [0, 0.05) is 12.6 Å². The molecule has 1 aromatic rings. The van der Waals surface area contributed by atoms with Crippen LogP contribution in [0.4, 0.5) is 0 Å². The van der Waals surface area contributed by atoms with E-state index in [2.05, 4.69) is 24.4 Å². The predicted molar refractivity (Wildman–Crippen MR) is 71.0 cm³/mol. The Labute approximate surface area is 104 Å². The highest BCUT2D eigenvalue weighted by atomic mass is 16.3. The zero-order valence-electron chi connectivity index (χ0n) is 10.6. The van der Waals surface area contributed by atoms with Crippen LogP contribution in [-0.2, 0) is 6.42 Å². The molecule has 1 aromatic carbocycles. The Balaban J connectivity index is 1.64. The third kappa shape index (κ3) is 4.88. The molecule has 94 valence electrons. The molecule has 0 aromatic heterocycles. The number of hydrogen-bond acceptors (Lipinski definition) is 2. The molecule has 2 heteroatoms. The first-order valence-electron chi connectivity index (χ1n) is 6.69. The van der Waals surface area contributed by atoms with Crippen molar-refractivity contribution < 1.29 is 5.11 Å². The van der Waals surface area contributed by atoms with Crippen molar-refractivity contribution in [2.75, 3.05) is 6.54 Å². The van der Waals surface area contributed by atoms with Gasteiger partial charge in [-0.2, -0.15) is 0 Å². The lowest BCUT2D eigenvalue weighted by atomic mass is 10.1. The highest BCUT2D eigenvalue weighted by Crippen LogP contribution is 2.33. The van der Waals surface area contributed by atoms with Gasteiger partial charge in [0.2, 0.25) is 0 Å². The van der Waals surface area contributed by atoms with Crippen LogP contribution in [0.25, 0.3) is 0 Å². The minimum Gasteiger partial charge on any atom is -0.391 e. The van der Waals surface area contributed by atoms with Crippen LogP contribution in [0.3, 0.4) is 0 Å². The van der Waals surface area contributed by atoms with E-state index in [-0.39, 0.29) is 6.10 Å². The first kappa shape index (κ1) is 12.6. The maximum Gasteiger partial charge on any atom is 0.0704 e. The number of rotatable bonds is 7. The van der Waals surface area contributed by atoms with Crippen molar-refractivity contribution in [3.8, 4) is 0 Å². The molecule has 0 spiro atoms. The summed E-state index contributed by atoms with van der Waals surface area (Å²) >= 11 is 0. The van der Waals surface area contributed by atoms with E-state index in [4.69, 9.17) is 0 Å². The van der Waals surface area contributed by atoms with E-state index < -0.39 is 0 Å². The van der Waals surface area contributed by atoms with Crippen molar-refractivity contribution in [2.24, 2.45) is 5.92 Å². The maximum absolute atomic E-state index is 9.94. The Morgan fingerprint density at radius 1 is 1.29 bits per heavy atom. The second-order valence-electron chi connectivity index (χ2n) is 5.33. The van der Waals surface area contributed by atoms with Gasteiger partial charge in [-0.1, -0.05) is 43.2 Å². The van der Waals surface area contributed by atoms with Gasteiger partial charge >= 0.3 is 0 Å². The summed E-state index contributed by atoms with van der Waals surface area (Å²) in [5, 5.41) is 13.4. The molecule has 1 aliphatic carbocycles. The van der Waals surface area contributed by atoms with Crippen molar-refractivity contribution in [1.82, 2.24) is 5.32 Å². The van der Waals surface area contributed by atoms with Crippen LogP contribution in [0.5, 0.6) is 0 Å². The fourth-order valence-corrected chi connectivity index (χ4v) is 2.23. The quantitative estimate of drug-likeness (QED) is 0.758. The van der Waals surface area contributed by atoms with E-state index in [1.807, 2.05) is 18.2 Å². The lowest BCUT2D eigenvalue weighted by molar-refractivity contribution is 0.167. The highest BCUT2D eigenvalue weighted by Gasteiger charge is 2.23. The van der Waals surface area contributed by atoms with Crippen LogP contribution < -0.4 is 5.32 Å². The molecule has 0 saturated heterocycles. The molecule has 0 heterocycles. The fourth-order valence-electron chi connectivity index (χ4n) is 2.23.